The number of likely N-dealkylation sites (N-methyl/N-ethyl adjacent to an activating group) is 1. The number of hydrogen-bond acceptors (Lipinski definition) is 3. The highest BCUT2D eigenvalue weighted by molar-refractivity contribution is 5.81. The predicted octanol–water partition coefficient (Wildman–Crippen LogP) is 5.33. The molecule has 0 radical (unpaired) electrons. The van der Waals surface area contributed by atoms with E-state index in [9.17, 15) is 4.79 Å². The number of aryl methyl sites for hydroxylation is 1. The van der Waals surface area contributed by atoms with Crippen molar-refractivity contribution in [3.8, 4) is 0 Å². The van der Waals surface area contributed by atoms with Crippen LogP contribution in [0.2, 0.25) is 0 Å². The summed E-state index contributed by atoms with van der Waals surface area (Å²) in [7, 11) is 5.90. The Labute approximate surface area is 185 Å². The van der Waals surface area contributed by atoms with E-state index in [1.165, 1.54) is 31.2 Å². The fourth-order valence-corrected chi connectivity index (χ4v) is 4.74. The molecule has 0 saturated heterocycles. The van der Waals surface area contributed by atoms with Crippen LogP contribution in [0.15, 0.2) is 47.3 Å². The van der Waals surface area contributed by atoms with Crippen LogP contribution in [0.1, 0.15) is 51.0 Å². The van der Waals surface area contributed by atoms with Gasteiger partial charge in [-0.2, -0.15) is 0 Å². The lowest BCUT2D eigenvalue weighted by Crippen LogP contribution is -2.27. The van der Waals surface area contributed by atoms with Gasteiger partial charge in [-0.1, -0.05) is 26.0 Å². The summed E-state index contributed by atoms with van der Waals surface area (Å²) in [4.78, 5) is 14.8. The number of benzene rings is 2. The van der Waals surface area contributed by atoms with Gasteiger partial charge in [0.1, 0.15) is 0 Å². The van der Waals surface area contributed by atoms with E-state index in [0.717, 1.165) is 29.0 Å². The van der Waals surface area contributed by atoms with Crippen LogP contribution >= 0.6 is 0 Å². The first-order valence-electron chi connectivity index (χ1n) is 11.4. The maximum Gasteiger partial charge on any atom is 0.328 e. The van der Waals surface area contributed by atoms with E-state index in [2.05, 4.69) is 60.5 Å². The van der Waals surface area contributed by atoms with Crippen LogP contribution in [0.25, 0.3) is 11.0 Å². The second-order valence-corrected chi connectivity index (χ2v) is 10.2. The summed E-state index contributed by atoms with van der Waals surface area (Å²) in [5.74, 6) is 0.690. The number of nitrogens with one attached hydrogen (secondary N) is 1. The molecule has 2 aromatic carbocycles. The topological polar surface area (TPSA) is 42.2 Å². The third kappa shape index (κ3) is 4.72. The second kappa shape index (κ2) is 8.54. The fourth-order valence-electron chi connectivity index (χ4n) is 4.74. The molecule has 1 N–H and O–H groups in total. The normalized spacial score (nSPS) is 16.8. The van der Waals surface area contributed by atoms with Crippen LogP contribution in [0.5, 0.6) is 0 Å². The van der Waals surface area contributed by atoms with Crippen LogP contribution in [0.3, 0.4) is 0 Å². The first kappa shape index (κ1) is 21.7. The third-order valence-corrected chi connectivity index (χ3v) is 6.93. The Balaban J connectivity index is 1.50. The smallest absolute Gasteiger partial charge is 0.328 e. The van der Waals surface area contributed by atoms with Gasteiger partial charge in [0.25, 0.3) is 0 Å². The summed E-state index contributed by atoms with van der Waals surface area (Å²) in [6.07, 6.45) is 5.19. The molecular weight excluding hydrogens is 384 g/mol. The third-order valence-electron chi connectivity index (χ3n) is 6.93. The number of imidazole rings is 1. The van der Waals surface area contributed by atoms with Crippen molar-refractivity contribution >= 4 is 22.4 Å². The molecule has 0 spiro atoms. The largest absolute Gasteiger partial charge is 0.355 e. The van der Waals surface area contributed by atoms with Crippen molar-refractivity contribution in [3.63, 3.8) is 0 Å². The lowest BCUT2D eigenvalue weighted by Gasteiger charge is -2.34. The van der Waals surface area contributed by atoms with E-state index in [1.807, 2.05) is 31.8 Å². The minimum atomic E-state index is 0.0361. The van der Waals surface area contributed by atoms with Gasteiger partial charge in [0.2, 0.25) is 0 Å². The Hall–Kier alpha value is -2.53. The standard InChI is InChI=1S/C26H36N4O/c1-26(2)14-12-20(13-15-26)19-6-8-21(9-7-19)27-22-10-11-23-24(18-22)29(5)25(31)30(23)17-16-28(3)4/h6-11,18,20,27H,12-17H2,1-5H3. The number of anilines is 2. The van der Waals surface area contributed by atoms with Gasteiger partial charge in [-0.3, -0.25) is 9.13 Å². The molecule has 5 heteroatoms. The Bertz CT molecular complexity index is 1090. The van der Waals surface area contributed by atoms with Gasteiger partial charge in [0.05, 0.1) is 11.0 Å². The highest BCUT2D eigenvalue weighted by Crippen LogP contribution is 2.42. The lowest BCUT2D eigenvalue weighted by atomic mass is 9.71. The molecule has 5 nitrogen and oxygen atoms in total. The van der Waals surface area contributed by atoms with Crippen molar-refractivity contribution in [1.82, 2.24) is 14.0 Å². The number of fused-ring (bicyclic) bond motifs is 1. The molecule has 1 aliphatic rings. The zero-order valence-corrected chi connectivity index (χ0v) is 19.6. The Morgan fingerprint density at radius 3 is 2.29 bits per heavy atom. The number of rotatable bonds is 6. The SMILES string of the molecule is CN(C)CCn1c(=O)n(C)c2cc(Nc3ccc(C4CCC(C)(C)CC4)cc3)ccc21. The summed E-state index contributed by atoms with van der Waals surface area (Å²) in [5.41, 5.74) is 6.01. The average molecular weight is 421 g/mol. The van der Waals surface area contributed by atoms with E-state index in [-0.39, 0.29) is 5.69 Å². The van der Waals surface area contributed by atoms with Crippen molar-refractivity contribution in [1.29, 1.82) is 0 Å². The molecule has 3 aromatic rings. The minimum Gasteiger partial charge on any atom is -0.355 e. The van der Waals surface area contributed by atoms with E-state index >= 15 is 0 Å². The molecule has 166 valence electrons. The summed E-state index contributed by atoms with van der Waals surface area (Å²) >= 11 is 0. The maximum atomic E-state index is 12.7. The number of aromatic nitrogens is 2. The Morgan fingerprint density at radius 2 is 1.65 bits per heavy atom. The van der Waals surface area contributed by atoms with Gasteiger partial charge in [-0.05, 0) is 87.0 Å². The first-order valence-corrected chi connectivity index (χ1v) is 11.4. The van der Waals surface area contributed by atoms with Crippen LogP contribution < -0.4 is 11.0 Å². The monoisotopic (exact) mass is 420 g/mol. The van der Waals surface area contributed by atoms with Gasteiger partial charge in [0.15, 0.2) is 0 Å². The molecule has 0 unspecified atom stereocenters. The average Bonchev–Trinajstić information content (AvgIpc) is 2.97. The molecule has 0 aliphatic heterocycles. The molecule has 0 atom stereocenters. The predicted molar refractivity (Wildman–Crippen MR) is 130 cm³/mol. The van der Waals surface area contributed by atoms with Crippen molar-refractivity contribution in [3.05, 3.63) is 58.5 Å². The zero-order valence-electron chi connectivity index (χ0n) is 19.6. The first-order chi connectivity index (χ1) is 14.7. The van der Waals surface area contributed by atoms with Crippen molar-refractivity contribution in [2.24, 2.45) is 12.5 Å². The highest BCUT2D eigenvalue weighted by atomic mass is 16.1. The lowest BCUT2D eigenvalue weighted by molar-refractivity contribution is 0.224. The summed E-state index contributed by atoms with van der Waals surface area (Å²) in [5, 5.41) is 3.51. The quantitative estimate of drug-likeness (QED) is 0.586. The van der Waals surface area contributed by atoms with E-state index in [1.54, 1.807) is 4.57 Å². The summed E-state index contributed by atoms with van der Waals surface area (Å²) < 4.78 is 3.60. The van der Waals surface area contributed by atoms with E-state index in [4.69, 9.17) is 0 Å². The van der Waals surface area contributed by atoms with Crippen molar-refractivity contribution in [2.75, 3.05) is 26.0 Å². The fraction of sp³-hybridized carbons (Fsp3) is 0.500. The molecule has 1 heterocycles. The van der Waals surface area contributed by atoms with Crippen LogP contribution in [0, 0.1) is 5.41 Å². The van der Waals surface area contributed by atoms with E-state index in [0.29, 0.717) is 17.9 Å². The second-order valence-electron chi connectivity index (χ2n) is 10.2. The van der Waals surface area contributed by atoms with Crippen LogP contribution in [-0.4, -0.2) is 34.7 Å². The van der Waals surface area contributed by atoms with Gasteiger partial charge in [-0.25, -0.2) is 4.79 Å². The Morgan fingerprint density at radius 1 is 1.00 bits per heavy atom. The molecule has 1 aromatic heterocycles. The highest BCUT2D eigenvalue weighted by Gasteiger charge is 2.27. The number of hydrogen-bond donors (Lipinski definition) is 1. The molecule has 31 heavy (non-hydrogen) atoms. The van der Waals surface area contributed by atoms with Gasteiger partial charge in [-0.15, -0.1) is 0 Å². The van der Waals surface area contributed by atoms with Crippen LogP contribution in [0.4, 0.5) is 11.4 Å². The van der Waals surface area contributed by atoms with Crippen molar-refractivity contribution < 1.29 is 0 Å². The van der Waals surface area contributed by atoms with Gasteiger partial charge < -0.3 is 10.2 Å². The molecular formula is C26H36N4O. The zero-order chi connectivity index (χ0) is 22.2. The number of nitrogens with zero attached hydrogens (tertiary/aromatic N) is 3. The van der Waals surface area contributed by atoms with Crippen LogP contribution in [-0.2, 0) is 13.6 Å². The van der Waals surface area contributed by atoms with Gasteiger partial charge >= 0.3 is 5.69 Å². The summed E-state index contributed by atoms with van der Waals surface area (Å²) in [6, 6.07) is 15.1. The summed E-state index contributed by atoms with van der Waals surface area (Å²) in [6.45, 7) is 6.30. The molecule has 1 aliphatic carbocycles. The van der Waals surface area contributed by atoms with Gasteiger partial charge in [0, 0.05) is 31.5 Å². The Kier molecular flexibility index (Phi) is 5.98. The maximum absolute atomic E-state index is 12.7. The molecule has 0 amide bonds. The van der Waals surface area contributed by atoms with E-state index < -0.39 is 0 Å². The molecule has 1 saturated carbocycles. The molecule has 4 rings (SSSR count). The van der Waals surface area contributed by atoms with Crippen molar-refractivity contribution in [2.45, 2.75) is 52.0 Å². The minimum absolute atomic E-state index is 0.0361. The molecule has 0 bridgehead atoms. The molecule has 1 fully saturated rings.